The van der Waals surface area contributed by atoms with Gasteiger partial charge in [0.15, 0.2) is 11.3 Å². The van der Waals surface area contributed by atoms with Gasteiger partial charge in [-0.1, -0.05) is 109 Å². The standard InChI is InChI=1S/C86H64N14/c1-48-42-74(96-56(9)94-81-79(90-54(7)92-85(81)96)76-51(4)40-59(47-88)41-52(76)5)60(45-73(48)99-69-33-21-18-30-65(69)82-83(99)64-29-17-20-32-68(64)97(82)61-24-12-10-13-25-61)43-57-36-37-70-66(44-57)77-63-28-16-19-31-67(63)100(86(77)98(70)62-26-14-11-15-27-62)72-35-23-22-34-71(72)95-55(8)93-80-78(89-53(6)91-84(80)95)75-49(2)38-58(46-87)39-50(75)3/h10-42,44-45H,43H2,1-9H3. The van der Waals surface area contributed by atoms with Gasteiger partial charge in [-0.15, -0.1) is 0 Å². The maximum absolute atomic E-state index is 10.0. The van der Waals surface area contributed by atoms with Gasteiger partial charge >= 0.3 is 0 Å². The summed E-state index contributed by atoms with van der Waals surface area (Å²) in [5, 5.41) is 25.6. The number of rotatable bonds is 10. The lowest BCUT2D eigenvalue weighted by Crippen LogP contribution is -2.08. The number of fused-ring (bicyclic) bond motifs is 12. The first kappa shape index (κ1) is 59.5. The zero-order valence-corrected chi connectivity index (χ0v) is 56.7. The Bertz CT molecular complexity index is 6580. The highest BCUT2D eigenvalue weighted by Gasteiger charge is 2.30. The average molecular weight is 1290 g/mol. The van der Waals surface area contributed by atoms with E-state index >= 15 is 0 Å². The van der Waals surface area contributed by atoms with Gasteiger partial charge < -0.3 is 9.13 Å². The van der Waals surface area contributed by atoms with Crippen LogP contribution in [0.2, 0.25) is 0 Å². The molecule has 0 amide bonds. The van der Waals surface area contributed by atoms with Crippen LogP contribution in [0.5, 0.6) is 0 Å². The number of benzene rings is 10. The van der Waals surface area contributed by atoms with Gasteiger partial charge in [0, 0.05) is 55.1 Å². The highest BCUT2D eigenvalue weighted by atomic mass is 15.2. The first-order chi connectivity index (χ1) is 48.7. The Morgan fingerprint density at radius 2 is 0.780 bits per heavy atom. The van der Waals surface area contributed by atoms with Crippen molar-refractivity contribution in [2.45, 2.75) is 68.7 Å². The molecule has 0 saturated carbocycles. The third kappa shape index (κ3) is 8.86. The van der Waals surface area contributed by atoms with Crippen LogP contribution < -0.4 is 0 Å². The molecular weight excluding hydrogens is 1230 g/mol. The number of hydrogen-bond acceptors (Lipinski definition) is 8. The lowest BCUT2D eigenvalue weighted by atomic mass is 9.96. The van der Waals surface area contributed by atoms with Crippen molar-refractivity contribution in [2.75, 3.05) is 0 Å². The molecule has 0 N–H and O–H groups in total. The molecule has 100 heavy (non-hydrogen) atoms. The zero-order valence-electron chi connectivity index (χ0n) is 56.7. The van der Waals surface area contributed by atoms with E-state index in [-0.39, 0.29) is 0 Å². The van der Waals surface area contributed by atoms with Crippen LogP contribution in [-0.2, 0) is 6.42 Å². The van der Waals surface area contributed by atoms with E-state index in [2.05, 4.69) is 241 Å². The highest BCUT2D eigenvalue weighted by molar-refractivity contribution is 6.23. The minimum absolute atomic E-state index is 0.536. The first-order valence-electron chi connectivity index (χ1n) is 33.7. The van der Waals surface area contributed by atoms with E-state index in [0.717, 1.165) is 173 Å². The van der Waals surface area contributed by atoms with Crippen molar-refractivity contribution in [3.8, 4) is 68.8 Å². The van der Waals surface area contributed by atoms with Crippen molar-refractivity contribution in [3.05, 3.63) is 286 Å². The number of para-hydroxylation sites is 7. The molecule has 0 aliphatic heterocycles. The van der Waals surface area contributed by atoms with Crippen molar-refractivity contribution in [1.29, 1.82) is 10.5 Å². The van der Waals surface area contributed by atoms with Crippen LogP contribution in [0.1, 0.15) is 73.4 Å². The molecule has 478 valence electrons. The Balaban J connectivity index is 0.884. The number of imidazole rings is 2. The number of aromatic nitrogens is 12. The predicted molar refractivity (Wildman–Crippen MR) is 401 cm³/mol. The van der Waals surface area contributed by atoms with Gasteiger partial charge in [0.2, 0.25) is 0 Å². The molecule has 0 unspecified atom stereocenters. The molecule has 0 atom stereocenters. The molecule has 0 saturated heterocycles. The maximum Gasteiger partial charge on any atom is 0.169 e. The summed E-state index contributed by atoms with van der Waals surface area (Å²) in [7, 11) is 0. The second-order valence-electron chi connectivity index (χ2n) is 26.5. The van der Waals surface area contributed by atoms with Crippen molar-refractivity contribution < 1.29 is 0 Å². The van der Waals surface area contributed by atoms with Crippen molar-refractivity contribution in [2.24, 2.45) is 0 Å². The summed E-state index contributed by atoms with van der Waals surface area (Å²) in [6.07, 6.45) is 0.536. The number of nitriles is 2. The van der Waals surface area contributed by atoms with Gasteiger partial charge in [0.25, 0.3) is 0 Å². The Kier molecular flexibility index (Phi) is 13.4. The van der Waals surface area contributed by atoms with Crippen LogP contribution >= 0.6 is 0 Å². The van der Waals surface area contributed by atoms with Gasteiger partial charge in [-0.05, 0) is 211 Å². The van der Waals surface area contributed by atoms with Crippen LogP contribution in [0.3, 0.4) is 0 Å². The molecule has 8 heterocycles. The van der Waals surface area contributed by atoms with E-state index in [4.69, 9.17) is 29.9 Å². The van der Waals surface area contributed by atoms with Crippen molar-refractivity contribution in [3.63, 3.8) is 0 Å². The van der Waals surface area contributed by atoms with Gasteiger partial charge in [0.1, 0.15) is 51.4 Å². The summed E-state index contributed by atoms with van der Waals surface area (Å²) in [6.45, 7) is 18.4. The van der Waals surface area contributed by atoms with Crippen LogP contribution in [0.4, 0.5) is 0 Å². The molecule has 18 aromatic rings. The third-order valence-electron chi connectivity index (χ3n) is 20.1. The molecule has 0 spiro atoms. The maximum atomic E-state index is 10.0. The number of aryl methyl sites for hydroxylation is 9. The molecular formula is C86H64N14. The smallest absolute Gasteiger partial charge is 0.169 e. The quantitative estimate of drug-likeness (QED) is 0.131. The molecule has 0 fully saturated rings. The van der Waals surface area contributed by atoms with Crippen molar-refractivity contribution >= 4 is 88.0 Å². The molecule has 18 rings (SSSR count). The average Bonchev–Trinajstić information content (AvgIpc) is 1.54. The molecule has 14 heteroatoms. The van der Waals surface area contributed by atoms with E-state index in [1.807, 2.05) is 72.7 Å². The van der Waals surface area contributed by atoms with E-state index in [9.17, 15) is 10.5 Å². The highest BCUT2D eigenvalue weighted by Crippen LogP contribution is 2.46. The summed E-state index contributed by atoms with van der Waals surface area (Å²) in [4.78, 5) is 31.4. The summed E-state index contributed by atoms with van der Waals surface area (Å²) >= 11 is 0. The first-order valence-corrected chi connectivity index (χ1v) is 33.7. The fourth-order valence-electron chi connectivity index (χ4n) is 16.2. The third-order valence-corrected chi connectivity index (χ3v) is 20.1. The topological polar surface area (TPSA) is 154 Å². The molecule has 14 nitrogen and oxygen atoms in total. The van der Waals surface area contributed by atoms with E-state index in [1.165, 1.54) is 0 Å². The second-order valence-corrected chi connectivity index (χ2v) is 26.5. The minimum Gasteiger partial charge on any atom is -0.307 e. The Labute approximate surface area is 575 Å². The second kappa shape index (κ2) is 22.5. The molecule has 0 radical (unpaired) electrons. The lowest BCUT2D eigenvalue weighted by Gasteiger charge is -2.19. The summed E-state index contributed by atoms with van der Waals surface area (Å²) in [5.74, 6) is 2.77. The summed E-state index contributed by atoms with van der Waals surface area (Å²) in [6, 6.07) is 80.5. The SMILES string of the molecule is Cc1nc(-c2c(C)cc(C#N)cc2C)c2nc(C)n(-c3cc(C)c(-n4c5ccccc5c5c4c4ccccc4n5-c4ccccc4)cc3Cc3ccc4c(c3)c3c5ccccc5n(-c5ccccc5-n5c(C)nc6c(-c7c(C)cc(C#N)cc7C)nc(C)nc65)c3n4-c3ccccc3)c2n1. The van der Waals surface area contributed by atoms with Crippen molar-refractivity contribution in [1.82, 2.24) is 57.3 Å². The number of nitrogens with zero attached hydrogens (tertiary/aromatic N) is 14. The van der Waals surface area contributed by atoms with Crippen LogP contribution in [0.15, 0.2) is 212 Å². The minimum atomic E-state index is 0.536. The number of hydrogen-bond donors (Lipinski definition) is 0. The largest absolute Gasteiger partial charge is 0.307 e. The van der Waals surface area contributed by atoms with Gasteiger partial charge in [0.05, 0.1) is 73.4 Å². The monoisotopic (exact) mass is 1290 g/mol. The summed E-state index contributed by atoms with van der Waals surface area (Å²) in [5.41, 5.74) is 28.1. The van der Waals surface area contributed by atoms with Crippen LogP contribution in [0, 0.1) is 85.0 Å². The molecule has 0 aliphatic rings. The fourth-order valence-corrected chi connectivity index (χ4v) is 16.2. The van der Waals surface area contributed by atoms with Gasteiger partial charge in [-0.3, -0.25) is 18.3 Å². The summed E-state index contributed by atoms with van der Waals surface area (Å²) < 4.78 is 14.2. The van der Waals surface area contributed by atoms with Gasteiger partial charge in [-0.2, -0.15) is 10.5 Å². The normalized spacial score (nSPS) is 11.9. The Hall–Kier alpha value is -13.0. The Morgan fingerprint density at radius 1 is 0.340 bits per heavy atom. The van der Waals surface area contributed by atoms with E-state index in [0.29, 0.717) is 51.5 Å². The predicted octanol–water partition coefficient (Wildman–Crippen LogP) is 19.5. The Morgan fingerprint density at radius 3 is 1.32 bits per heavy atom. The fraction of sp³-hybridized carbons (Fsp3) is 0.116. The molecule has 0 aliphatic carbocycles. The van der Waals surface area contributed by atoms with Crippen LogP contribution in [-0.4, -0.2) is 57.3 Å². The van der Waals surface area contributed by atoms with E-state index in [1.54, 1.807) is 0 Å². The van der Waals surface area contributed by atoms with Gasteiger partial charge in [-0.25, -0.2) is 29.9 Å². The molecule has 0 bridgehead atoms. The van der Waals surface area contributed by atoms with Crippen LogP contribution in [0.25, 0.3) is 145 Å². The zero-order chi connectivity index (χ0) is 68.1. The van der Waals surface area contributed by atoms with E-state index < -0.39 is 0 Å². The molecule has 10 aromatic carbocycles. The lowest BCUT2D eigenvalue weighted by molar-refractivity contribution is 0.949. The molecule has 8 aromatic heterocycles.